The summed E-state index contributed by atoms with van der Waals surface area (Å²) in [5.74, 6) is 1.14. The van der Waals surface area contributed by atoms with Crippen molar-refractivity contribution < 1.29 is 14.3 Å². The van der Waals surface area contributed by atoms with E-state index in [-0.39, 0.29) is 18.3 Å². The molecule has 1 atom stereocenters. The zero-order valence-electron chi connectivity index (χ0n) is 11.8. The number of hydrogen-bond donors (Lipinski definition) is 2. The number of carbonyl (C=O) groups is 1. The quantitative estimate of drug-likeness (QED) is 0.901. The van der Waals surface area contributed by atoms with Crippen molar-refractivity contribution in [2.45, 2.75) is 12.0 Å². The summed E-state index contributed by atoms with van der Waals surface area (Å²) in [7, 11) is 0. The molecule has 3 rings (SSSR count). The fourth-order valence-electron chi connectivity index (χ4n) is 2.30. The Labute approximate surface area is 136 Å². The van der Waals surface area contributed by atoms with Crippen LogP contribution in [-0.4, -0.2) is 34.7 Å². The molecule has 2 aromatic rings. The SMILES string of the molecule is O=C(NCC1(O)CCSC1)c1ccc(-c2ccc(F)cc2)s1. The summed E-state index contributed by atoms with van der Waals surface area (Å²) in [6.45, 7) is 0.280. The van der Waals surface area contributed by atoms with Gasteiger partial charge in [0.1, 0.15) is 5.82 Å². The molecule has 6 heteroatoms. The summed E-state index contributed by atoms with van der Waals surface area (Å²) < 4.78 is 12.9. The molecule has 1 aliphatic rings. The Hall–Kier alpha value is -1.37. The third kappa shape index (κ3) is 3.51. The van der Waals surface area contributed by atoms with Gasteiger partial charge < -0.3 is 10.4 Å². The largest absolute Gasteiger partial charge is 0.387 e. The molecule has 1 aromatic heterocycles. The van der Waals surface area contributed by atoms with E-state index in [2.05, 4.69) is 5.32 Å². The lowest BCUT2D eigenvalue weighted by atomic mass is 10.0. The van der Waals surface area contributed by atoms with E-state index in [9.17, 15) is 14.3 Å². The molecule has 0 spiro atoms. The lowest BCUT2D eigenvalue weighted by Crippen LogP contribution is -2.42. The molecule has 2 heterocycles. The Morgan fingerprint density at radius 1 is 1.27 bits per heavy atom. The minimum Gasteiger partial charge on any atom is -0.387 e. The van der Waals surface area contributed by atoms with Crippen LogP contribution < -0.4 is 5.32 Å². The first-order valence-corrected chi connectivity index (χ1v) is 8.97. The van der Waals surface area contributed by atoms with E-state index < -0.39 is 5.60 Å². The zero-order chi connectivity index (χ0) is 15.6. The van der Waals surface area contributed by atoms with Crippen LogP contribution in [0.5, 0.6) is 0 Å². The molecule has 0 bridgehead atoms. The second-order valence-corrected chi connectivity index (χ2v) is 7.57. The summed E-state index contributed by atoms with van der Waals surface area (Å²) in [6.07, 6.45) is 0.712. The Morgan fingerprint density at radius 3 is 2.73 bits per heavy atom. The van der Waals surface area contributed by atoms with E-state index in [1.165, 1.54) is 23.5 Å². The number of benzene rings is 1. The number of nitrogens with one attached hydrogen (secondary N) is 1. The maximum absolute atomic E-state index is 12.9. The Balaban J connectivity index is 1.65. The molecule has 0 aliphatic carbocycles. The van der Waals surface area contributed by atoms with Gasteiger partial charge in [-0.15, -0.1) is 11.3 Å². The van der Waals surface area contributed by atoms with Gasteiger partial charge >= 0.3 is 0 Å². The molecular formula is C16H16FNO2S2. The molecule has 0 radical (unpaired) electrons. The highest BCUT2D eigenvalue weighted by Crippen LogP contribution is 2.29. The van der Waals surface area contributed by atoms with Crippen LogP contribution in [0.3, 0.4) is 0 Å². The highest BCUT2D eigenvalue weighted by molar-refractivity contribution is 7.99. The average molecular weight is 337 g/mol. The van der Waals surface area contributed by atoms with Gasteiger partial charge in [0.05, 0.1) is 10.5 Å². The van der Waals surface area contributed by atoms with Crippen molar-refractivity contribution in [1.82, 2.24) is 5.32 Å². The summed E-state index contributed by atoms with van der Waals surface area (Å²) >= 11 is 3.06. The average Bonchev–Trinajstić information content (AvgIpc) is 3.15. The number of aliphatic hydroxyl groups is 1. The maximum atomic E-state index is 12.9. The Morgan fingerprint density at radius 2 is 2.05 bits per heavy atom. The lowest BCUT2D eigenvalue weighted by Gasteiger charge is -2.21. The van der Waals surface area contributed by atoms with E-state index in [4.69, 9.17) is 0 Å². The van der Waals surface area contributed by atoms with Crippen molar-refractivity contribution >= 4 is 29.0 Å². The summed E-state index contributed by atoms with van der Waals surface area (Å²) in [6, 6.07) is 9.81. The molecule has 1 amide bonds. The normalized spacial score (nSPS) is 21.0. The summed E-state index contributed by atoms with van der Waals surface area (Å²) in [4.78, 5) is 13.7. The van der Waals surface area contributed by atoms with Gasteiger partial charge in [0.2, 0.25) is 0 Å². The number of thioether (sulfide) groups is 1. The minimum absolute atomic E-state index is 0.177. The molecule has 116 valence electrons. The predicted octanol–water partition coefficient (Wildman–Crippen LogP) is 3.15. The first kappa shape index (κ1) is 15.5. The van der Waals surface area contributed by atoms with Crippen LogP contribution in [0.25, 0.3) is 10.4 Å². The van der Waals surface area contributed by atoms with Gasteiger partial charge in [0.25, 0.3) is 5.91 Å². The monoisotopic (exact) mass is 337 g/mol. The first-order valence-electron chi connectivity index (χ1n) is 7.00. The summed E-state index contributed by atoms with van der Waals surface area (Å²) in [5, 5.41) is 13.0. The molecule has 1 aromatic carbocycles. The van der Waals surface area contributed by atoms with E-state index in [1.807, 2.05) is 6.07 Å². The lowest BCUT2D eigenvalue weighted by molar-refractivity contribution is 0.0614. The number of carbonyl (C=O) groups excluding carboxylic acids is 1. The van der Waals surface area contributed by atoms with Gasteiger partial charge in [0, 0.05) is 17.2 Å². The van der Waals surface area contributed by atoms with E-state index >= 15 is 0 Å². The van der Waals surface area contributed by atoms with Gasteiger partial charge in [0.15, 0.2) is 0 Å². The standard InChI is InChI=1S/C16H16FNO2S2/c17-12-3-1-11(2-4-12)13-5-6-14(22-13)15(19)18-9-16(20)7-8-21-10-16/h1-6,20H,7-10H2,(H,18,19). The van der Waals surface area contributed by atoms with Crippen LogP contribution in [0.2, 0.25) is 0 Å². The topological polar surface area (TPSA) is 49.3 Å². The van der Waals surface area contributed by atoms with Crippen LogP contribution in [-0.2, 0) is 0 Å². The number of thiophene rings is 1. The van der Waals surface area contributed by atoms with E-state index in [0.29, 0.717) is 17.1 Å². The molecule has 1 saturated heterocycles. The van der Waals surface area contributed by atoms with Gasteiger partial charge in [-0.25, -0.2) is 4.39 Å². The molecule has 0 saturated carbocycles. The highest BCUT2D eigenvalue weighted by Gasteiger charge is 2.32. The predicted molar refractivity (Wildman–Crippen MR) is 88.9 cm³/mol. The van der Waals surface area contributed by atoms with Crippen molar-refractivity contribution in [3.8, 4) is 10.4 Å². The smallest absolute Gasteiger partial charge is 0.261 e. The number of halogens is 1. The van der Waals surface area contributed by atoms with Crippen LogP contribution in [0.1, 0.15) is 16.1 Å². The Kier molecular flexibility index (Phi) is 4.52. The van der Waals surface area contributed by atoms with Crippen molar-refractivity contribution in [3.05, 3.63) is 47.1 Å². The molecule has 1 fully saturated rings. The number of rotatable bonds is 4. The second kappa shape index (κ2) is 6.40. The van der Waals surface area contributed by atoms with E-state index in [1.54, 1.807) is 30.0 Å². The van der Waals surface area contributed by atoms with Gasteiger partial charge in [-0.3, -0.25) is 4.79 Å². The molecule has 2 N–H and O–H groups in total. The first-order chi connectivity index (χ1) is 10.6. The molecule has 1 unspecified atom stereocenters. The summed E-state index contributed by atoms with van der Waals surface area (Å²) in [5.41, 5.74) is 0.105. The molecule has 3 nitrogen and oxygen atoms in total. The zero-order valence-corrected chi connectivity index (χ0v) is 13.5. The van der Waals surface area contributed by atoms with Crippen molar-refractivity contribution in [2.24, 2.45) is 0 Å². The number of amides is 1. The van der Waals surface area contributed by atoms with Crippen LogP contribution in [0.15, 0.2) is 36.4 Å². The van der Waals surface area contributed by atoms with E-state index in [0.717, 1.165) is 16.2 Å². The maximum Gasteiger partial charge on any atom is 0.261 e. The molecular weight excluding hydrogens is 321 g/mol. The van der Waals surface area contributed by atoms with Crippen LogP contribution in [0.4, 0.5) is 4.39 Å². The fourth-order valence-corrected chi connectivity index (χ4v) is 4.52. The number of hydrogen-bond acceptors (Lipinski definition) is 4. The van der Waals surface area contributed by atoms with Crippen molar-refractivity contribution in [2.75, 3.05) is 18.1 Å². The van der Waals surface area contributed by atoms with Gasteiger partial charge in [-0.1, -0.05) is 12.1 Å². The van der Waals surface area contributed by atoms with Crippen molar-refractivity contribution in [3.63, 3.8) is 0 Å². The highest BCUT2D eigenvalue weighted by atomic mass is 32.2. The fraction of sp³-hybridized carbons (Fsp3) is 0.312. The van der Waals surface area contributed by atoms with Crippen LogP contribution >= 0.6 is 23.1 Å². The van der Waals surface area contributed by atoms with Gasteiger partial charge in [-0.2, -0.15) is 11.8 Å². The second-order valence-electron chi connectivity index (χ2n) is 5.38. The third-order valence-electron chi connectivity index (χ3n) is 3.62. The minimum atomic E-state index is -0.780. The molecule has 1 aliphatic heterocycles. The Bertz CT molecular complexity index is 663. The van der Waals surface area contributed by atoms with Crippen molar-refractivity contribution in [1.29, 1.82) is 0 Å². The van der Waals surface area contributed by atoms with Gasteiger partial charge in [-0.05, 0) is 42.0 Å². The van der Waals surface area contributed by atoms with Crippen LogP contribution in [0, 0.1) is 5.82 Å². The third-order valence-corrected chi connectivity index (χ3v) is 5.99. The molecule has 22 heavy (non-hydrogen) atoms.